The molecule has 0 aliphatic carbocycles. The lowest BCUT2D eigenvalue weighted by atomic mass is 10.7. The monoisotopic (exact) mass is 110 g/mol. The number of rotatable bonds is 1. The molecule has 1 aliphatic heterocycles. The predicted octanol–water partition coefficient (Wildman–Crippen LogP) is 0.218. The van der Waals surface area contributed by atoms with Crippen molar-refractivity contribution in [2.45, 2.75) is 0 Å². The third-order valence-electron chi connectivity index (χ3n) is 0.734. The first-order valence-electron chi connectivity index (χ1n) is 2.22. The van der Waals surface area contributed by atoms with Gasteiger partial charge in [-0.2, -0.15) is 0 Å². The normalized spacial score (nSPS) is 14.9. The van der Waals surface area contributed by atoms with Crippen molar-refractivity contribution in [1.82, 2.24) is 5.32 Å². The molecule has 42 valence electrons. The Hall–Kier alpha value is -1.21. The van der Waals surface area contributed by atoms with Crippen LogP contribution in [0.5, 0.6) is 0 Å². The Labute approximate surface area is 47.4 Å². The largest absolute Gasteiger partial charge is 0.475 e. The van der Waals surface area contributed by atoms with E-state index >= 15 is 0 Å². The number of aliphatic imine (C=N–C) groups is 1. The van der Waals surface area contributed by atoms with Crippen LogP contribution < -0.4 is 5.32 Å². The van der Waals surface area contributed by atoms with Crippen molar-refractivity contribution in [2.75, 3.05) is 7.11 Å². The van der Waals surface area contributed by atoms with Crippen LogP contribution in [0.3, 0.4) is 0 Å². The SMILES string of the molecule is COC1=C=NC=CN1. The first kappa shape index (κ1) is 4.94. The van der Waals surface area contributed by atoms with Gasteiger partial charge in [-0.1, -0.05) is 0 Å². The summed E-state index contributed by atoms with van der Waals surface area (Å²) in [7, 11) is 1.56. The van der Waals surface area contributed by atoms with E-state index < -0.39 is 0 Å². The molecule has 0 aromatic heterocycles. The Morgan fingerprint density at radius 3 is 3.12 bits per heavy atom. The summed E-state index contributed by atoms with van der Waals surface area (Å²) in [6, 6.07) is 0. The van der Waals surface area contributed by atoms with Gasteiger partial charge in [-0.05, 0) is 0 Å². The third-order valence-corrected chi connectivity index (χ3v) is 0.734. The van der Waals surface area contributed by atoms with Crippen molar-refractivity contribution < 1.29 is 4.74 Å². The summed E-state index contributed by atoms with van der Waals surface area (Å²) in [6.07, 6.45) is 3.28. The summed E-state index contributed by atoms with van der Waals surface area (Å²) >= 11 is 0. The van der Waals surface area contributed by atoms with E-state index in [-0.39, 0.29) is 0 Å². The molecular formula is C5H6N2O. The number of hydrogen-bond donors (Lipinski definition) is 1. The summed E-state index contributed by atoms with van der Waals surface area (Å²) in [5, 5.41) is 2.78. The summed E-state index contributed by atoms with van der Waals surface area (Å²) in [5.41, 5.74) is 0. The zero-order valence-corrected chi connectivity index (χ0v) is 4.51. The van der Waals surface area contributed by atoms with Crippen molar-refractivity contribution in [3.05, 3.63) is 18.3 Å². The van der Waals surface area contributed by atoms with Gasteiger partial charge in [0, 0.05) is 6.20 Å². The smallest absolute Gasteiger partial charge is 0.256 e. The molecule has 1 N–H and O–H groups in total. The topological polar surface area (TPSA) is 33.6 Å². The average molecular weight is 110 g/mol. The van der Waals surface area contributed by atoms with Crippen molar-refractivity contribution in [3.8, 4) is 0 Å². The second-order valence-electron chi connectivity index (χ2n) is 1.23. The molecule has 8 heavy (non-hydrogen) atoms. The maximum Gasteiger partial charge on any atom is 0.256 e. The maximum atomic E-state index is 4.74. The van der Waals surface area contributed by atoms with Gasteiger partial charge in [0.2, 0.25) is 0 Å². The molecule has 3 heteroatoms. The number of methoxy groups -OCH3 is 1. The predicted molar refractivity (Wildman–Crippen MR) is 30.2 cm³/mol. The van der Waals surface area contributed by atoms with Crippen molar-refractivity contribution in [1.29, 1.82) is 0 Å². The lowest BCUT2D eigenvalue weighted by Crippen LogP contribution is -2.08. The molecular weight excluding hydrogens is 104 g/mol. The van der Waals surface area contributed by atoms with Crippen molar-refractivity contribution in [2.24, 2.45) is 4.99 Å². The standard InChI is InChI=1S/C5H6N2O/c1-8-5-4-6-2-3-7-5/h2-3,7H,1H3. The Bertz CT molecular complexity index is 165. The maximum absolute atomic E-state index is 4.74. The summed E-state index contributed by atoms with van der Waals surface area (Å²) in [6.45, 7) is 0. The van der Waals surface area contributed by atoms with E-state index in [2.05, 4.69) is 16.2 Å². The molecule has 0 aromatic carbocycles. The zero-order chi connectivity index (χ0) is 5.82. The first-order valence-corrected chi connectivity index (χ1v) is 2.22. The molecule has 0 atom stereocenters. The fourth-order valence-corrected chi connectivity index (χ4v) is 0.383. The van der Waals surface area contributed by atoms with E-state index in [1.807, 2.05) is 0 Å². The van der Waals surface area contributed by atoms with Crippen LogP contribution >= 0.6 is 0 Å². The highest BCUT2D eigenvalue weighted by Gasteiger charge is 1.89. The van der Waals surface area contributed by atoms with Gasteiger partial charge >= 0.3 is 0 Å². The Morgan fingerprint density at radius 2 is 2.75 bits per heavy atom. The molecule has 1 rings (SSSR count). The van der Waals surface area contributed by atoms with Crippen LogP contribution in [0.1, 0.15) is 0 Å². The summed E-state index contributed by atoms with van der Waals surface area (Å²) in [5.74, 6) is 3.14. The van der Waals surface area contributed by atoms with E-state index in [1.165, 1.54) is 0 Å². The lowest BCUT2D eigenvalue weighted by molar-refractivity contribution is 0.278. The van der Waals surface area contributed by atoms with Crippen LogP contribution in [0.25, 0.3) is 0 Å². The zero-order valence-electron chi connectivity index (χ0n) is 4.51. The molecule has 1 aliphatic rings. The van der Waals surface area contributed by atoms with Crippen LogP contribution in [0.15, 0.2) is 23.3 Å². The van der Waals surface area contributed by atoms with Crippen LogP contribution in [0, 0.1) is 0 Å². The quantitative estimate of drug-likeness (QED) is 0.523. The van der Waals surface area contributed by atoms with E-state index in [0.29, 0.717) is 5.88 Å². The fraction of sp³-hybridized carbons (Fsp3) is 0.200. The third kappa shape index (κ3) is 0.891. The molecule has 0 unspecified atom stereocenters. The van der Waals surface area contributed by atoms with Crippen LogP contribution in [-0.4, -0.2) is 13.0 Å². The van der Waals surface area contributed by atoms with Crippen LogP contribution in [-0.2, 0) is 4.74 Å². The molecule has 0 aromatic rings. The molecule has 0 fully saturated rings. The number of ether oxygens (including phenoxy) is 1. The highest BCUT2D eigenvalue weighted by molar-refractivity contribution is 5.57. The molecule has 0 radical (unpaired) electrons. The molecule has 0 spiro atoms. The highest BCUT2D eigenvalue weighted by Crippen LogP contribution is 1.86. The Balaban J connectivity index is 2.69. The summed E-state index contributed by atoms with van der Waals surface area (Å²) in [4.78, 5) is 3.67. The van der Waals surface area contributed by atoms with E-state index in [9.17, 15) is 0 Å². The molecule has 0 bridgehead atoms. The Kier molecular flexibility index (Phi) is 1.35. The molecule has 0 saturated heterocycles. The van der Waals surface area contributed by atoms with Gasteiger partial charge in [-0.3, -0.25) is 0 Å². The van der Waals surface area contributed by atoms with Gasteiger partial charge in [0.1, 0.15) is 0 Å². The van der Waals surface area contributed by atoms with Crippen molar-refractivity contribution in [3.63, 3.8) is 0 Å². The average Bonchev–Trinajstić information content (AvgIpc) is 1.90. The van der Waals surface area contributed by atoms with E-state index in [4.69, 9.17) is 4.74 Å². The van der Waals surface area contributed by atoms with Gasteiger partial charge in [0.25, 0.3) is 5.88 Å². The Morgan fingerprint density at radius 1 is 1.88 bits per heavy atom. The van der Waals surface area contributed by atoms with Crippen LogP contribution in [0.4, 0.5) is 0 Å². The molecule has 1 heterocycles. The second kappa shape index (κ2) is 2.19. The van der Waals surface area contributed by atoms with E-state index in [1.54, 1.807) is 19.5 Å². The number of nitrogens with one attached hydrogen (secondary N) is 1. The van der Waals surface area contributed by atoms with Gasteiger partial charge in [-0.25, -0.2) is 4.99 Å². The minimum Gasteiger partial charge on any atom is -0.475 e. The molecule has 3 nitrogen and oxygen atoms in total. The minimum atomic E-state index is 0.549. The summed E-state index contributed by atoms with van der Waals surface area (Å²) < 4.78 is 4.74. The van der Waals surface area contributed by atoms with Gasteiger partial charge in [-0.15, -0.1) is 0 Å². The molecule has 0 saturated carbocycles. The van der Waals surface area contributed by atoms with E-state index in [0.717, 1.165) is 0 Å². The van der Waals surface area contributed by atoms with Crippen molar-refractivity contribution >= 4 is 5.87 Å². The van der Waals surface area contributed by atoms with Gasteiger partial charge in [0.15, 0.2) is 0 Å². The second-order valence-corrected chi connectivity index (χ2v) is 1.23. The first-order chi connectivity index (χ1) is 3.93. The highest BCUT2D eigenvalue weighted by atomic mass is 16.5. The number of hydrogen-bond acceptors (Lipinski definition) is 3. The van der Waals surface area contributed by atoms with Crippen LogP contribution in [0.2, 0.25) is 0 Å². The molecule has 0 amide bonds. The van der Waals surface area contributed by atoms with Gasteiger partial charge in [0.05, 0.1) is 19.2 Å². The lowest BCUT2D eigenvalue weighted by Gasteiger charge is -2.00. The minimum absolute atomic E-state index is 0.549. The fourth-order valence-electron chi connectivity index (χ4n) is 0.383. The number of nitrogens with zero attached hydrogens (tertiary/aromatic N) is 1. The van der Waals surface area contributed by atoms with Gasteiger partial charge < -0.3 is 10.1 Å².